The van der Waals surface area contributed by atoms with Crippen molar-refractivity contribution < 1.29 is 4.79 Å². The molecule has 0 saturated heterocycles. The third kappa shape index (κ3) is 3.14. The van der Waals surface area contributed by atoms with Gasteiger partial charge in [-0.05, 0) is 56.0 Å². The summed E-state index contributed by atoms with van der Waals surface area (Å²) in [5.74, 6) is 0.0617. The molecule has 1 fully saturated rings. The van der Waals surface area contributed by atoms with E-state index in [1.54, 1.807) is 0 Å². The van der Waals surface area contributed by atoms with Crippen molar-refractivity contribution in [2.45, 2.75) is 52.1 Å². The van der Waals surface area contributed by atoms with E-state index in [2.05, 4.69) is 60.1 Å². The Morgan fingerprint density at radius 2 is 1.81 bits per heavy atom. The molecular formula is C23H26N2O. The molecule has 2 aromatic carbocycles. The minimum absolute atomic E-state index is 0.0617. The number of carbonyl (C=O) groups is 1. The number of fused-ring (bicyclic) bond motifs is 1. The van der Waals surface area contributed by atoms with Gasteiger partial charge in [0.05, 0.1) is 0 Å². The largest absolute Gasteiger partial charge is 0.349 e. The molecule has 3 aromatic rings. The third-order valence-corrected chi connectivity index (χ3v) is 5.78. The van der Waals surface area contributed by atoms with E-state index >= 15 is 0 Å². The van der Waals surface area contributed by atoms with Crippen LogP contribution in [0.3, 0.4) is 0 Å². The number of benzene rings is 2. The van der Waals surface area contributed by atoms with Crippen molar-refractivity contribution in [3.8, 4) is 0 Å². The molecule has 1 heterocycles. The zero-order valence-corrected chi connectivity index (χ0v) is 15.6. The maximum Gasteiger partial charge on any atom is 0.251 e. The molecule has 1 aliphatic rings. The van der Waals surface area contributed by atoms with Gasteiger partial charge in [-0.1, -0.05) is 43.2 Å². The SMILES string of the molecule is Cc1c(C)n(Cc2ccccc2)c2ccc(C(=O)NC3CCCC3)cc12. The number of hydrogen-bond acceptors (Lipinski definition) is 1. The molecule has 0 bridgehead atoms. The average molecular weight is 346 g/mol. The molecule has 0 aliphatic heterocycles. The van der Waals surface area contributed by atoms with Gasteiger partial charge in [0.25, 0.3) is 5.91 Å². The van der Waals surface area contributed by atoms with Gasteiger partial charge in [0.1, 0.15) is 0 Å². The lowest BCUT2D eigenvalue weighted by atomic mass is 10.1. The van der Waals surface area contributed by atoms with Crippen LogP contribution >= 0.6 is 0 Å². The molecule has 134 valence electrons. The summed E-state index contributed by atoms with van der Waals surface area (Å²) < 4.78 is 2.35. The maximum absolute atomic E-state index is 12.6. The molecule has 0 atom stereocenters. The molecule has 1 saturated carbocycles. The molecule has 4 rings (SSSR count). The molecule has 3 heteroatoms. The van der Waals surface area contributed by atoms with Crippen molar-refractivity contribution in [1.29, 1.82) is 0 Å². The fourth-order valence-corrected chi connectivity index (χ4v) is 4.10. The first-order chi connectivity index (χ1) is 12.6. The van der Waals surface area contributed by atoms with E-state index < -0.39 is 0 Å². The molecule has 1 N–H and O–H groups in total. The van der Waals surface area contributed by atoms with Crippen molar-refractivity contribution >= 4 is 16.8 Å². The fourth-order valence-electron chi connectivity index (χ4n) is 4.10. The lowest BCUT2D eigenvalue weighted by Crippen LogP contribution is -2.32. The Morgan fingerprint density at radius 3 is 2.54 bits per heavy atom. The number of aryl methyl sites for hydroxylation is 1. The van der Waals surface area contributed by atoms with Gasteiger partial charge in [0.15, 0.2) is 0 Å². The van der Waals surface area contributed by atoms with Crippen LogP contribution in [0.5, 0.6) is 0 Å². The Bertz CT molecular complexity index is 934. The van der Waals surface area contributed by atoms with Crippen molar-refractivity contribution in [2.24, 2.45) is 0 Å². The van der Waals surface area contributed by atoms with E-state index in [4.69, 9.17) is 0 Å². The number of amides is 1. The van der Waals surface area contributed by atoms with Crippen LogP contribution in [0, 0.1) is 13.8 Å². The Morgan fingerprint density at radius 1 is 1.08 bits per heavy atom. The highest BCUT2D eigenvalue weighted by molar-refractivity contribution is 5.99. The predicted octanol–water partition coefficient (Wildman–Crippen LogP) is 4.98. The molecule has 0 radical (unpaired) electrons. The molecule has 1 aromatic heterocycles. The number of hydrogen-bond donors (Lipinski definition) is 1. The van der Waals surface area contributed by atoms with E-state index in [0.717, 1.165) is 24.9 Å². The van der Waals surface area contributed by atoms with Gasteiger partial charge in [-0.25, -0.2) is 0 Å². The van der Waals surface area contributed by atoms with Gasteiger partial charge < -0.3 is 9.88 Å². The van der Waals surface area contributed by atoms with Crippen molar-refractivity contribution in [3.05, 3.63) is 70.9 Å². The summed E-state index contributed by atoms with van der Waals surface area (Å²) >= 11 is 0. The molecular weight excluding hydrogens is 320 g/mol. The van der Waals surface area contributed by atoms with Gasteiger partial charge >= 0.3 is 0 Å². The summed E-state index contributed by atoms with van der Waals surface area (Å²) in [5, 5.41) is 4.37. The van der Waals surface area contributed by atoms with E-state index in [1.807, 2.05) is 12.1 Å². The zero-order valence-electron chi connectivity index (χ0n) is 15.6. The molecule has 3 nitrogen and oxygen atoms in total. The summed E-state index contributed by atoms with van der Waals surface area (Å²) in [4.78, 5) is 12.6. The predicted molar refractivity (Wildman–Crippen MR) is 107 cm³/mol. The monoisotopic (exact) mass is 346 g/mol. The van der Waals surface area contributed by atoms with Crippen LogP contribution in [0.25, 0.3) is 10.9 Å². The topological polar surface area (TPSA) is 34.0 Å². The highest BCUT2D eigenvalue weighted by atomic mass is 16.1. The second-order valence-corrected chi connectivity index (χ2v) is 7.47. The van der Waals surface area contributed by atoms with Crippen LogP contribution in [0.2, 0.25) is 0 Å². The first-order valence-corrected chi connectivity index (χ1v) is 9.58. The van der Waals surface area contributed by atoms with E-state index in [1.165, 1.54) is 40.6 Å². The zero-order chi connectivity index (χ0) is 18.1. The second kappa shape index (κ2) is 6.99. The number of aromatic nitrogens is 1. The molecule has 26 heavy (non-hydrogen) atoms. The first-order valence-electron chi connectivity index (χ1n) is 9.58. The Kier molecular flexibility index (Phi) is 4.54. The normalized spacial score (nSPS) is 14.8. The van der Waals surface area contributed by atoms with Crippen molar-refractivity contribution in [1.82, 2.24) is 9.88 Å². The molecule has 0 unspecified atom stereocenters. The Labute approximate surface area is 155 Å². The quantitative estimate of drug-likeness (QED) is 0.710. The van der Waals surface area contributed by atoms with E-state index in [0.29, 0.717) is 6.04 Å². The van der Waals surface area contributed by atoms with Gasteiger partial charge in [-0.3, -0.25) is 4.79 Å². The number of rotatable bonds is 4. The summed E-state index contributed by atoms with van der Waals surface area (Å²) in [7, 11) is 0. The van der Waals surface area contributed by atoms with Gasteiger partial charge in [0, 0.05) is 34.7 Å². The van der Waals surface area contributed by atoms with Crippen molar-refractivity contribution in [2.75, 3.05) is 0 Å². The maximum atomic E-state index is 12.6. The first kappa shape index (κ1) is 16.9. The lowest BCUT2D eigenvalue weighted by molar-refractivity contribution is 0.0938. The summed E-state index contributed by atoms with van der Waals surface area (Å²) in [6.45, 7) is 5.17. The average Bonchev–Trinajstić information content (AvgIpc) is 3.25. The fraction of sp³-hybridized carbons (Fsp3) is 0.348. The standard InChI is InChI=1S/C23H26N2O/c1-16-17(2)25(15-18-8-4-3-5-9-18)22-13-12-19(14-21(16)22)23(26)24-20-10-6-7-11-20/h3-5,8-9,12-14,20H,6-7,10-11,15H2,1-2H3,(H,24,26). The van der Waals surface area contributed by atoms with Crippen LogP contribution in [0.1, 0.15) is 52.9 Å². The summed E-state index contributed by atoms with van der Waals surface area (Å²) in [5.41, 5.74) is 5.77. The van der Waals surface area contributed by atoms with Crippen LogP contribution in [0.4, 0.5) is 0 Å². The summed E-state index contributed by atoms with van der Waals surface area (Å²) in [6, 6.07) is 17.0. The van der Waals surface area contributed by atoms with Gasteiger partial charge in [-0.15, -0.1) is 0 Å². The third-order valence-electron chi connectivity index (χ3n) is 5.78. The Balaban J connectivity index is 1.66. The van der Waals surface area contributed by atoms with E-state index in [-0.39, 0.29) is 5.91 Å². The summed E-state index contributed by atoms with van der Waals surface area (Å²) in [6.07, 6.45) is 4.67. The minimum Gasteiger partial charge on any atom is -0.349 e. The molecule has 1 amide bonds. The minimum atomic E-state index is 0.0617. The van der Waals surface area contributed by atoms with Crippen molar-refractivity contribution in [3.63, 3.8) is 0 Å². The van der Waals surface area contributed by atoms with Crippen LogP contribution in [-0.2, 0) is 6.54 Å². The van der Waals surface area contributed by atoms with Crippen LogP contribution < -0.4 is 5.32 Å². The molecule has 1 aliphatic carbocycles. The second-order valence-electron chi connectivity index (χ2n) is 7.47. The van der Waals surface area contributed by atoms with Crippen LogP contribution in [-0.4, -0.2) is 16.5 Å². The van der Waals surface area contributed by atoms with Gasteiger partial charge in [-0.2, -0.15) is 0 Å². The number of nitrogens with one attached hydrogen (secondary N) is 1. The highest BCUT2D eigenvalue weighted by Gasteiger charge is 2.19. The van der Waals surface area contributed by atoms with Crippen LogP contribution in [0.15, 0.2) is 48.5 Å². The lowest BCUT2D eigenvalue weighted by Gasteiger charge is -2.12. The smallest absolute Gasteiger partial charge is 0.251 e. The highest BCUT2D eigenvalue weighted by Crippen LogP contribution is 2.27. The Hall–Kier alpha value is -2.55. The van der Waals surface area contributed by atoms with E-state index in [9.17, 15) is 4.79 Å². The van der Waals surface area contributed by atoms with Gasteiger partial charge in [0.2, 0.25) is 0 Å². The number of carbonyl (C=O) groups excluding carboxylic acids is 1. The molecule has 0 spiro atoms. The number of nitrogens with zero attached hydrogens (tertiary/aromatic N) is 1.